The maximum absolute atomic E-state index is 11.9. The van der Waals surface area contributed by atoms with Crippen molar-refractivity contribution in [1.82, 2.24) is 15.1 Å². The molecule has 7 nitrogen and oxygen atoms in total. The predicted octanol–water partition coefficient (Wildman–Crippen LogP) is -0.465. The number of nitrogens with one attached hydrogen (secondary N) is 1. The molecule has 0 aliphatic heterocycles. The minimum absolute atomic E-state index is 0.156. The molecule has 1 aromatic heterocycles. The first kappa shape index (κ1) is 14.7. The van der Waals surface area contributed by atoms with E-state index in [0.29, 0.717) is 26.0 Å². The van der Waals surface area contributed by atoms with Crippen LogP contribution in [0.3, 0.4) is 0 Å². The largest absolute Gasteiger partial charge is 0.388 e. The summed E-state index contributed by atoms with van der Waals surface area (Å²) < 4.78 is 6.07. The van der Waals surface area contributed by atoms with Crippen LogP contribution in [0.25, 0.3) is 0 Å². The second kappa shape index (κ2) is 6.15. The van der Waals surface area contributed by atoms with Crippen molar-refractivity contribution in [3.8, 4) is 0 Å². The molecule has 1 aliphatic rings. The van der Waals surface area contributed by atoms with E-state index in [1.54, 1.807) is 0 Å². The Morgan fingerprint density at radius 3 is 2.90 bits per heavy atom. The molecule has 1 amide bonds. The maximum atomic E-state index is 11.9. The fourth-order valence-electron chi connectivity index (χ4n) is 2.01. The van der Waals surface area contributed by atoms with E-state index in [1.165, 1.54) is 23.9 Å². The first-order chi connectivity index (χ1) is 9.54. The van der Waals surface area contributed by atoms with Gasteiger partial charge in [0.2, 0.25) is 0 Å². The van der Waals surface area contributed by atoms with Gasteiger partial charge in [-0.05, 0) is 25.3 Å². The van der Waals surface area contributed by atoms with Gasteiger partial charge >= 0.3 is 0 Å². The molecule has 1 saturated carbocycles. The van der Waals surface area contributed by atoms with Crippen LogP contribution in [0.2, 0.25) is 0 Å². The van der Waals surface area contributed by atoms with Crippen LogP contribution in [0.5, 0.6) is 0 Å². The van der Waals surface area contributed by atoms with Crippen LogP contribution in [0.1, 0.15) is 29.8 Å². The molecule has 0 unspecified atom stereocenters. The molecule has 110 valence electrons. The van der Waals surface area contributed by atoms with Crippen LogP contribution in [0, 0.1) is 0 Å². The Morgan fingerprint density at radius 1 is 1.55 bits per heavy atom. The van der Waals surface area contributed by atoms with Gasteiger partial charge in [0.15, 0.2) is 0 Å². The molecule has 2 rings (SSSR count). The minimum atomic E-state index is -0.778. The summed E-state index contributed by atoms with van der Waals surface area (Å²) in [5, 5.41) is 16.5. The molecule has 1 aromatic rings. The van der Waals surface area contributed by atoms with Crippen LogP contribution < -0.4 is 10.9 Å². The van der Waals surface area contributed by atoms with Gasteiger partial charge in [-0.25, -0.2) is 4.68 Å². The van der Waals surface area contributed by atoms with Gasteiger partial charge < -0.3 is 15.2 Å². The number of carbonyl (C=O) groups is 1. The van der Waals surface area contributed by atoms with E-state index in [-0.39, 0.29) is 17.8 Å². The highest BCUT2D eigenvalue weighted by atomic mass is 16.5. The molecular weight excluding hydrogens is 262 g/mol. The van der Waals surface area contributed by atoms with E-state index in [0.717, 1.165) is 6.42 Å². The molecule has 7 heteroatoms. The average Bonchev–Trinajstić information content (AvgIpc) is 2.41. The highest BCUT2D eigenvalue weighted by molar-refractivity contribution is 5.92. The average molecular weight is 281 g/mol. The van der Waals surface area contributed by atoms with Crippen LogP contribution in [0.4, 0.5) is 0 Å². The van der Waals surface area contributed by atoms with Crippen molar-refractivity contribution >= 4 is 5.91 Å². The number of nitrogens with zero attached hydrogens (tertiary/aromatic N) is 2. The molecule has 2 N–H and O–H groups in total. The molecule has 0 aromatic carbocycles. The minimum Gasteiger partial charge on any atom is -0.388 e. The van der Waals surface area contributed by atoms with Crippen LogP contribution >= 0.6 is 0 Å². The van der Waals surface area contributed by atoms with Crippen LogP contribution in [-0.4, -0.2) is 46.7 Å². The Morgan fingerprint density at radius 2 is 2.30 bits per heavy atom. The monoisotopic (exact) mass is 281 g/mol. The van der Waals surface area contributed by atoms with Crippen molar-refractivity contribution in [3.63, 3.8) is 0 Å². The summed E-state index contributed by atoms with van der Waals surface area (Å²) in [6.45, 7) is 0.850. The number of rotatable bonds is 6. The lowest BCUT2D eigenvalue weighted by Crippen LogP contribution is -2.48. The van der Waals surface area contributed by atoms with E-state index in [2.05, 4.69) is 10.4 Å². The predicted molar refractivity (Wildman–Crippen MR) is 71.5 cm³/mol. The van der Waals surface area contributed by atoms with Crippen molar-refractivity contribution < 1.29 is 14.6 Å². The Balaban J connectivity index is 2.00. The molecule has 1 aliphatic carbocycles. The fourth-order valence-corrected chi connectivity index (χ4v) is 2.01. The third-order valence-electron chi connectivity index (χ3n) is 3.47. The number of hydrogen-bond acceptors (Lipinski definition) is 5. The zero-order valence-electron chi connectivity index (χ0n) is 11.5. The summed E-state index contributed by atoms with van der Waals surface area (Å²) in [4.78, 5) is 23.5. The van der Waals surface area contributed by atoms with E-state index in [4.69, 9.17) is 4.74 Å². The van der Waals surface area contributed by atoms with Gasteiger partial charge in [0.25, 0.3) is 11.5 Å². The van der Waals surface area contributed by atoms with E-state index >= 15 is 0 Å². The van der Waals surface area contributed by atoms with E-state index in [1.807, 2.05) is 0 Å². The normalized spacial score (nSPS) is 16.5. The molecule has 0 radical (unpaired) electrons. The van der Waals surface area contributed by atoms with Gasteiger partial charge in [0.1, 0.15) is 5.69 Å². The Bertz CT molecular complexity index is 537. The maximum Gasteiger partial charge on any atom is 0.271 e. The third kappa shape index (κ3) is 3.43. The van der Waals surface area contributed by atoms with Crippen molar-refractivity contribution in [2.45, 2.75) is 31.4 Å². The topological polar surface area (TPSA) is 93.5 Å². The van der Waals surface area contributed by atoms with Crippen molar-refractivity contribution in [2.24, 2.45) is 0 Å². The number of ether oxygens (including phenoxy) is 1. The highest BCUT2D eigenvalue weighted by Crippen LogP contribution is 2.30. The second-order valence-corrected chi connectivity index (χ2v) is 5.03. The van der Waals surface area contributed by atoms with Gasteiger partial charge in [0.05, 0.1) is 18.8 Å². The van der Waals surface area contributed by atoms with Crippen LogP contribution in [0.15, 0.2) is 16.9 Å². The summed E-state index contributed by atoms with van der Waals surface area (Å²) in [5.74, 6) is -0.392. The van der Waals surface area contributed by atoms with Gasteiger partial charge in [-0.3, -0.25) is 9.59 Å². The molecular formula is C13H19N3O4. The molecule has 1 fully saturated rings. The number of aromatic nitrogens is 2. The van der Waals surface area contributed by atoms with Gasteiger partial charge in [-0.2, -0.15) is 5.10 Å². The number of carbonyl (C=O) groups excluding carboxylic acids is 1. The van der Waals surface area contributed by atoms with Crippen LogP contribution in [-0.2, 0) is 11.3 Å². The Labute approximate surface area is 116 Å². The van der Waals surface area contributed by atoms with Gasteiger partial charge in [-0.1, -0.05) is 0 Å². The lowest BCUT2D eigenvalue weighted by molar-refractivity contribution is -0.0301. The highest BCUT2D eigenvalue weighted by Gasteiger charge is 2.34. The quantitative estimate of drug-likeness (QED) is 0.735. The van der Waals surface area contributed by atoms with Crippen molar-refractivity contribution in [3.05, 3.63) is 28.2 Å². The van der Waals surface area contributed by atoms with Crippen molar-refractivity contribution in [2.75, 3.05) is 20.3 Å². The first-order valence-electron chi connectivity index (χ1n) is 6.62. The second-order valence-electron chi connectivity index (χ2n) is 5.03. The first-order valence-corrected chi connectivity index (χ1v) is 6.62. The summed E-state index contributed by atoms with van der Waals surface area (Å²) in [5.41, 5.74) is -0.903. The third-order valence-corrected chi connectivity index (χ3v) is 3.47. The fraction of sp³-hybridized carbons (Fsp3) is 0.615. The lowest BCUT2D eigenvalue weighted by atomic mass is 9.80. The summed E-state index contributed by atoms with van der Waals surface area (Å²) >= 11 is 0. The molecule has 1 heterocycles. The van der Waals surface area contributed by atoms with Gasteiger partial charge in [0, 0.05) is 19.7 Å². The van der Waals surface area contributed by atoms with Gasteiger partial charge in [-0.15, -0.1) is 0 Å². The number of aliphatic hydroxyl groups is 1. The lowest BCUT2D eigenvalue weighted by Gasteiger charge is -2.36. The Kier molecular flexibility index (Phi) is 4.51. The molecule has 0 atom stereocenters. The number of amides is 1. The Hall–Kier alpha value is -1.73. The molecule has 0 bridgehead atoms. The SMILES string of the molecule is COCCn1nc(C(=O)NCC2(O)CCC2)ccc1=O. The summed E-state index contributed by atoms with van der Waals surface area (Å²) in [7, 11) is 1.53. The standard InChI is InChI=1S/C13H19N3O4/c1-20-8-7-16-11(17)4-3-10(15-16)12(18)14-9-13(19)5-2-6-13/h3-4,19H,2,5-9H2,1H3,(H,14,18). The number of methoxy groups -OCH3 is 1. The van der Waals surface area contributed by atoms with Crippen molar-refractivity contribution in [1.29, 1.82) is 0 Å². The molecule has 20 heavy (non-hydrogen) atoms. The smallest absolute Gasteiger partial charge is 0.271 e. The number of hydrogen-bond donors (Lipinski definition) is 2. The molecule has 0 spiro atoms. The zero-order valence-corrected chi connectivity index (χ0v) is 11.5. The molecule has 0 saturated heterocycles. The van der Waals surface area contributed by atoms with E-state index in [9.17, 15) is 14.7 Å². The summed E-state index contributed by atoms with van der Waals surface area (Å²) in [6.07, 6.45) is 2.38. The van der Waals surface area contributed by atoms with E-state index < -0.39 is 11.5 Å². The zero-order chi connectivity index (χ0) is 14.6. The summed E-state index contributed by atoms with van der Waals surface area (Å²) in [6, 6.07) is 2.68.